The number of nitrogens with zero attached hydrogens (tertiary/aromatic N) is 8. The number of halogens is 10. The summed E-state index contributed by atoms with van der Waals surface area (Å²) in [7, 11) is 5.37. The first kappa shape index (κ1) is 85.4. The number of likely N-dealkylation sites (tertiary alicyclic amines) is 2. The number of piperidine rings is 2. The van der Waals surface area contributed by atoms with Gasteiger partial charge in [0.25, 0.3) is 11.8 Å². The zero-order chi connectivity index (χ0) is 73.2. The number of hydrogen-bond donors (Lipinski definition) is 1. The topological polar surface area (TPSA) is 150 Å². The first-order valence-electron chi connectivity index (χ1n) is 35.3. The van der Waals surface area contributed by atoms with Crippen molar-refractivity contribution in [1.29, 1.82) is 0 Å². The lowest BCUT2D eigenvalue weighted by atomic mass is 9.72. The molecule has 1 aromatic heterocycles. The number of carboxylic acid groups (broad SMARTS) is 1. The van der Waals surface area contributed by atoms with Gasteiger partial charge in [-0.1, -0.05) is 112 Å². The van der Waals surface area contributed by atoms with Gasteiger partial charge < -0.3 is 44.0 Å². The molecule has 0 radical (unpaired) electrons. The minimum atomic E-state index is -5.15. The highest BCUT2D eigenvalue weighted by Gasteiger charge is 2.50. The second-order valence-corrected chi connectivity index (χ2v) is 30.3. The Balaban J connectivity index is 0.00000513. The number of benzene rings is 5. The average Bonchev–Trinajstić information content (AvgIpc) is 1.62. The molecule has 4 aliphatic rings. The zero-order valence-electron chi connectivity index (χ0n) is 60.4. The van der Waals surface area contributed by atoms with Gasteiger partial charge in [-0.05, 0) is 154 Å². The summed E-state index contributed by atoms with van der Waals surface area (Å²) >= 11 is 1.49. The van der Waals surface area contributed by atoms with Crippen LogP contribution in [-0.4, -0.2) is 194 Å². The van der Waals surface area contributed by atoms with Gasteiger partial charge in [0.1, 0.15) is 24.8 Å². The van der Waals surface area contributed by atoms with Crippen molar-refractivity contribution >= 4 is 84.0 Å². The Morgan fingerprint density at radius 1 is 0.667 bits per heavy atom. The Labute approximate surface area is 634 Å². The molecule has 2 atom stereocenters. The molecular formula is C78H98Cl3F7N8O8S. The molecule has 6 aromatic rings. The predicted octanol–water partition coefficient (Wildman–Crippen LogP) is 15.7. The fourth-order valence-electron chi connectivity index (χ4n) is 15.0. The quantitative estimate of drug-likeness (QED) is 0.0369. The van der Waals surface area contributed by atoms with Gasteiger partial charge in [0.2, 0.25) is 11.8 Å². The van der Waals surface area contributed by atoms with E-state index in [1.807, 2.05) is 90.8 Å². The molecule has 0 saturated carbocycles. The molecule has 3 aliphatic heterocycles. The molecular weight excluding hydrogens is 1450 g/mol. The zero-order valence-corrected chi connectivity index (χ0v) is 63.7. The van der Waals surface area contributed by atoms with Crippen molar-refractivity contribution in [1.82, 2.24) is 34.3 Å². The standard InChI is InChI=1S/C78H95F7N8O8S.3ClH/c1-74(2,3)52-91(38-16-8-11-24-69(94)87(5)44-45-89-39-31-62(32-40-89)93(73(98)99)66-23-15-13-21-64(66)55-18-9-7-10-19-55)50-63-29-30-67(102-63)72(97)88(6)37-17-36-86(4)70(95)51-100-68-48-56-20-12-14-22-65(56)75(68)33-41-90(42-34-75)43-35-76(58-25-27-61(79)28-26-58)53-92(54-101-76)71(96)57-46-59(77(80,81)82)49-60(47-57)78(83,84)85;;;/h7,9-10,12-15,18-23,25-30,46-47,49,62,68H,8,11,16-17,24,31-45,48,50-54H2,1-6H3,(H,98,99);3*1H/t68-,76+;;;/m0.../s1. The molecule has 4 heterocycles. The van der Waals surface area contributed by atoms with Crippen LogP contribution in [-0.2, 0) is 55.4 Å². The first-order valence-corrected chi connectivity index (χ1v) is 36.2. The number of thiophene rings is 1. The molecule has 0 bridgehead atoms. The molecule has 0 unspecified atom stereocenters. The van der Waals surface area contributed by atoms with Crippen LogP contribution in [0, 0.1) is 11.2 Å². The third-order valence-electron chi connectivity index (χ3n) is 20.6. The number of alkyl halides is 6. The van der Waals surface area contributed by atoms with Crippen LogP contribution in [0.3, 0.4) is 0 Å². The molecule has 16 nitrogen and oxygen atoms in total. The Morgan fingerprint density at radius 3 is 1.94 bits per heavy atom. The van der Waals surface area contributed by atoms with Crippen LogP contribution in [0.15, 0.2) is 133 Å². The monoisotopic (exact) mass is 1540 g/mol. The number of carbonyl (C=O) groups excluding carboxylic acids is 4. The summed E-state index contributed by atoms with van der Waals surface area (Å²) in [6, 6.07) is 35.7. The van der Waals surface area contributed by atoms with Crippen molar-refractivity contribution < 1.29 is 69.3 Å². The Morgan fingerprint density at radius 2 is 1.29 bits per heavy atom. The summed E-state index contributed by atoms with van der Waals surface area (Å²) in [5.41, 5.74) is -0.295. The van der Waals surface area contributed by atoms with E-state index < -0.39 is 64.6 Å². The van der Waals surface area contributed by atoms with Crippen LogP contribution < -0.4 is 4.90 Å². The summed E-state index contributed by atoms with van der Waals surface area (Å²) in [4.78, 5) is 83.9. The fraction of sp³-hybridized carbons (Fsp3) is 0.500. The smallest absolute Gasteiger partial charge is 0.416 e. The van der Waals surface area contributed by atoms with E-state index in [1.165, 1.54) is 46.1 Å². The molecule has 5 aromatic carbocycles. The van der Waals surface area contributed by atoms with Crippen LogP contribution in [0.25, 0.3) is 11.1 Å². The van der Waals surface area contributed by atoms with Gasteiger partial charge in [0.05, 0.1) is 34.3 Å². The maximum atomic E-state index is 14.3. The van der Waals surface area contributed by atoms with E-state index in [-0.39, 0.29) is 98.1 Å². The van der Waals surface area contributed by atoms with E-state index >= 15 is 0 Å². The lowest BCUT2D eigenvalue weighted by Gasteiger charge is -2.44. The average molecular weight is 1550 g/mol. The molecule has 10 rings (SSSR count). The summed E-state index contributed by atoms with van der Waals surface area (Å²) in [5, 5.41) is 10.4. The predicted molar refractivity (Wildman–Crippen MR) is 401 cm³/mol. The number of likely N-dealkylation sites (N-methyl/N-ethyl adjacent to an activating group) is 2. The number of para-hydroxylation sites is 1. The van der Waals surface area contributed by atoms with Crippen molar-refractivity contribution in [2.45, 2.75) is 133 Å². The van der Waals surface area contributed by atoms with Crippen molar-refractivity contribution in [2.24, 2.45) is 5.41 Å². The normalized spacial score (nSPS) is 17.7. The minimum absolute atomic E-state index is 0. The van der Waals surface area contributed by atoms with Crippen molar-refractivity contribution in [3.63, 3.8) is 0 Å². The molecule has 3 fully saturated rings. The second kappa shape index (κ2) is 37.3. The van der Waals surface area contributed by atoms with Gasteiger partial charge in [-0.25, -0.2) is 9.18 Å². The van der Waals surface area contributed by atoms with Crippen LogP contribution in [0.1, 0.15) is 138 Å². The maximum Gasteiger partial charge on any atom is 0.416 e. The van der Waals surface area contributed by atoms with E-state index in [1.54, 1.807) is 23.9 Å². The van der Waals surface area contributed by atoms with Gasteiger partial charge in [0.15, 0.2) is 0 Å². The molecule has 105 heavy (non-hydrogen) atoms. The van der Waals surface area contributed by atoms with E-state index in [0.29, 0.717) is 119 Å². The summed E-state index contributed by atoms with van der Waals surface area (Å²) in [5.74, 6) is -1.76. The SMILES string of the molecule is CN(CCN1CCC(N(C(=O)O)c2ccccc2-c2ccccc2)CC1)C(=O)CCCCCN(Cc1ccc(C(=O)N(C)CCCN(C)C(=O)CO[C@H]2Cc3ccccc3C23CCN(CC[C@]2(c4ccc(F)cc4)CN(C(=O)c4cc(C(F)(F)F)cc(C(F)(F)F)c4)CO2)CC3)s1)CC(C)(C)C.Cl.Cl.Cl. The number of fused-ring (bicyclic) bond motifs is 2. The van der Waals surface area contributed by atoms with Crippen LogP contribution in [0.4, 0.5) is 41.2 Å². The Hall–Kier alpha value is -6.87. The van der Waals surface area contributed by atoms with E-state index in [2.05, 4.69) is 47.6 Å². The molecule has 27 heteroatoms. The molecule has 3 saturated heterocycles. The van der Waals surface area contributed by atoms with Gasteiger partial charge in [-0.2, -0.15) is 26.3 Å². The minimum Gasteiger partial charge on any atom is -0.465 e. The summed E-state index contributed by atoms with van der Waals surface area (Å²) in [6.45, 7) is 13.5. The highest BCUT2D eigenvalue weighted by Crippen LogP contribution is 2.49. The van der Waals surface area contributed by atoms with E-state index in [9.17, 15) is 59.8 Å². The summed E-state index contributed by atoms with van der Waals surface area (Å²) in [6.07, 6.45) is -4.32. The number of amides is 5. The Bertz CT molecular complexity index is 3820. The van der Waals surface area contributed by atoms with Crippen LogP contribution >= 0.6 is 48.6 Å². The number of unbranched alkanes of at least 4 members (excludes halogenated alkanes) is 2. The highest BCUT2D eigenvalue weighted by molar-refractivity contribution is 7.14. The highest BCUT2D eigenvalue weighted by atomic mass is 35.5. The van der Waals surface area contributed by atoms with Crippen molar-refractivity contribution in [2.75, 3.05) is 118 Å². The first-order chi connectivity index (χ1) is 48.5. The van der Waals surface area contributed by atoms with Gasteiger partial charge >= 0.3 is 18.4 Å². The third kappa shape index (κ3) is 21.9. The number of rotatable bonds is 28. The lowest BCUT2D eigenvalue weighted by Crippen LogP contribution is -2.50. The summed E-state index contributed by atoms with van der Waals surface area (Å²) < 4.78 is 110. The van der Waals surface area contributed by atoms with Crippen molar-refractivity contribution in [3.05, 3.63) is 182 Å². The second-order valence-electron chi connectivity index (χ2n) is 29.1. The lowest BCUT2D eigenvalue weighted by molar-refractivity contribution is -0.143. The van der Waals surface area contributed by atoms with Crippen LogP contribution in [0.2, 0.25) is 0 Å². The number of anilines is 1. The molecule has 1 aliphatic carbocycles. The molecule has 1 N–H and O–H groups in total. The number of carbonyl (C=O) groups is 5. The molecule has 1 spiro atoms. The molecule has 5 amide bonds. The van der Waals surface area contributed by atoms with Gasteiger partial charge in [-0.15, -0.1) is 48.6 Å². The van der Waals surface area contributed by atoms with Crippen molar-refractivity contribution in [3.8, 4) is 11.1 Å². The molecule has 574 valence electrons. The number of ether oxygens (including phenoxy) is 2. The third-order valence-corrected chi connectivity index (χ3v) is 21.7. The van der Waals surface area contributed by atoms with Gasteiger partial charge in [-0.3, -0.25) is 29.0 Å². The van der Waals surface area contributed by atoms with E-state index in [4.69, 9.17) is 9.47 Å². The van der Waals surface area contributed by atoms with Gasteiger partial charge in [0, 0.05) is 114 Å². The largest absolute Gasteiger partial charge is 0.465 e. The van der Waals surface area contributed by atoms with Crippen LogP contribution in [0.5, 0.6) is 0 Å². The Kier molecular flexibility index (Phi) is 30.3. The van der Waals surface area contributed by atoms with E-state index in [0.717, 1.165) is 78.5 Å². The fourth-order valence-corrected chi connectivity index (χ4v) is 16.1. The number of hydrogen-bond acceptors (Lipinski definition) is 11. The maximum absolute atomic E-state index is 14.3.